The number of carbonyl (C=O) groups excluding carboxylic acids is 1. The van der Waals surface area contributed by atoms with Crippen LogP contribution in [0.1, 0.15) is 22.8 Å². The molecule has 0 radical (unpaired) electrons. The van der Waals surface area contributed by atoms with Crippen LogP contribution in [0.15, 0.2) is 18.2 Å². The molecule has 0 fully saturated rings. The number of ether oxygens (including phenoxy) is 1. The van der Waals surface area contributed by atoms with Crippen molar-refractivity contribution in [3.8, 4) is 0 Å². The summed E-state index contributed by atoms with van der Waals surface area (Å²) in [5.41, 5.74) is 1.93. The van der Waals surface area contributed by atoms with Gasteiger partial charge in [-0.1, -0.05) is 0 Å². The van der Waals surface area contributed by atoms with Crippen LogP contribution < -0.4 is 4.90 Å². The largest absolute Gasteiger partial charge is 0.478 e. The summed E-state index contributed by atoms with van der Waals surface area (Å²) < 4.78 is 5.02. The molecule has 5 heteroatoms. The van der Waals surface area contributed by atoms with Crippen LogP contribution >= 0.6 is 0 Å². The van der Waals surface area contributed by atoms with E-state index in [2.05, 4.69) is 0 Å². The SMILES string of the molecule is COC(C)C(=O)N1CCc2cc(C(=O)O)ccc21. The van der Waals surface area contributed by atoms with Crippen molar-refractivity contribution < 1.29 is 19.4 Å². The molecule has 1 amide bonds. The summed E-state index contributed by atoms with van der Waals surface area (Å²) in [6.07, 6.45) is 0.189. The second-order valence-corrected chi connectivity index (χ2v) is 4.27. The van der Waals surface area contributed by atoms with Gasteiger partial charge in [-0.15, -0.1) is 0 Å². The molecule has 2 rings (SSSR count). The van der Waals surface area contributed by atoms with Crippen molar-refractivity contribution in [3.05, 3.63) is 29.3 Å². The average Bonchev–Trinajstić information content (AvgIpc) is 2.79. The molecule has 1 heterocycles. The minimum absolute atomic E-state index is 0.0978. The summed E-state index contributed by atoms with van der Waals surface area (Å²) in [6, 6.07) is 4.83. The van der Waals surface area contributed by atoms with Crippen molar-refractivity contribution in [1.29, 1.82) is 0 Å². The highest BCUT2D eigenvalue weighted by Crippen LogP contribution is 2.29. The lowest BCUT2D eigenvalue weighted by atomic mass is 10.1. The summed E-state index contributed by atoms with van der Waals surface area (Å²) in [7, 11) is 1.49. The number of benzene rings is 1. The predicted octanol–water partition coefficient (Wildman–Crippen LogP) is 1.31. The Labute approximate surface area is 105 Å². The predicted molar refractivity (Wildman–Crippen MR) is 65.9 cm³/mol. The zero-order chi connectivity index (χ0) is 13.3. The molecule has 1 aliphatic heterocycles. The number of fused-ring (bicyclic) bond motifs is 1. The number of nitrogens with zero attached hydrogens (tertiary/aromatic N) is 1. The molecule has 0 spiro atoms. The highest BCUT2D eigenvalue weighted by molar-refractivity contribution is 5.99. The van der Waals surface area contributed by atoms with E-state index in [1.807, 2.05) is 0 Å². The second kappa shape index (κ2) is 4.78. The molecule has 1 atom stereocenters. The lowest BCUT2D eigenvalue weighted by molar-refractivity contribution is -0.127. The normalized spacial score (nSPS) is 15.3. The van der Waals surface area contributed by atoms with Gasteiger partial charge in [-0.05, 0) is 37.1 Å². The van der Waals surface area contributed by atoms with Crippen LogP contribution in [0, 0.1) is 0 Å². The third-order valence-electron chi connectivity index (χ3n) is 3.19. The maximum Gasteiger partial charge on any atom is 0.335 e. The Bertz CT molecular complexity index is 498. The Kier molecular flexibility index (Phi) is 3.34. The number of carbonyl (C=O) groups is 2. The number of hydrogen-bond donors (Lipinski definition) is 1. The van der Waals surface area contributed by atoms with Crippen molar-refractivity contribution in [2.75, 3.05) is 18.6 Å². The molecule has 1 aromatic rings. The van der Waals surface area contributed by atoms with E-state index in [9.17, 15) is 9.59 Å². The average molecular weight is 249 g/mol. The van der Waals surface area contributed by atoms with Gasteiger partial charge in [0.2, 0.25) is 0 Å². The quantitative estimate of drug-likeness (QED) is 0.877. The first-order chi connectivity index (χ1) is 8.54. The van der Waals surface area contributed by atoms with E-state index in [0.29, 0.717) is 13.0 Å². The van der Waals surface area contributed by atoms with Gasteiger partial charge < -0.3 is 14.7 Å². The molecule has 0 saturated carbocycles. The van der Waals surface area contributed by atoms with Gasteiger partial charge >= 0.3 is 5.97 Å². The molecular weight excluding hydrogens is 234 g/mol. The van der Waals surface area contributed by atoms with Gasteiger partial charge in [0.15, 0.2) is 0 Å². The summed E-state index contributed by atoms with van der Waals surface area (Å²) >= 11 is 0. The standard InChI is InChI=1S/C13H15NO4/c1-8(18-2)12(15)14-6-5-9-7-10(13(16)17)3-4-11(9)14/h3-4,7-8H,5-6H2,1-2H3,(H,16,17). The third kappa shape index (κ3) is 2.09. The molecule has 1 aromatic carbocycles. The van der Waals surface area contributed by atoms with Crippen LogP contribution in [0.25, 0.3) is 0 Å². The highest BCUT2D eigenvalue weighted by Gasteiger charge is 2.28. The van der Waals surface area contributed by atoms with E-state index in [4.69, 9.17) is 9.84 Å². The first kappa shape index (κ1) is 12.6. The minimum Gasteiger partial charge on any atom is -0.478 e. The minimum atomic E-state index is -0.951. The van der Waals surface area contributed by atoms with Gasteiger partial charge in [-0.2, -0.15) is 0 Å². The molecule has 1 unspecified atom stereocenters. The lowest BCUT2D eigenvalue weighted by Crippen LogP contribution is -2.37. The molecule has 0 saturated heterocycles. The lowest BCUT2D eigenvalue weighted by Gasteiger charge is -2.20. The van der Waals surface area contributed by atoms with Crippen molar-refractivity contribution in [2.45, 2.75) is 19.4 Å². The smallest absolute Gasteiger partial charge is 0.335 e. The number of carboxylic acids is 1. The molecular formula is C13H15NO4. The molecule has 5 nitrogen and oxygen atoms in total. The maximum atomic E-state index is 12.0. The van der Waals surface area contributed by atoms with Gasteiger partial charge in [-0.3, -0.25) is 4.79 Å². The Balaban J connectivity index is 2.29. The van der Waals surface area contributed by atoms with Gasteiger partial charge in [0.05, 0.1) is 5.56 Å². The first-order valence-corrected chi connectivity index (χ1v) is 5.75. The van der Waals surface area contributed by atoms with E-state index in [0.717, 1.165) is 11.3 Å². The Hall–Kier alpha value is -1.88. The fourth-order valence-electron chi connectivity index (χ4n) is 2.08. The first-order valence-electron chi connectivity index (χ1n) is 5.75. The van der Waals surface area contributed by atoms with Crippen LogP contribution in [0.3, 0.4) is 0 Å². The van der Waals surface area contributed by atoms with Crippen molar-refractivity contribution in [2.24, 2.45) is 0 Å². The number of methoxy groups -OCH3 is 1. The fourth-order valence-corrected chi connectivity index (χ4v) is 2.08. The zero-order valence-corrected chi connectivity index (χ0v) is 10.3. The summed E-state index contributed by atoms with van der Waals surface area (Å²) in [5.74, 6) is -1.05. The fraction of sp³-hybridized carbons (Fsp3) is 0.385. The molecule has 1 aliphatic rings. The van der Waals surface area contributed by atoms with E-state index in [-0.39, 0.29) is 11.5 Å². The summed E-state index contributed by atoms with van der Waals surface area (Å²) in [6.45, 7) is 2.27. The second-order valence-electron chi connectivity index (χ2n) is 4.27. The number of hydrogen-bond acceptors (Lipinski definition) is 3. The van der Waals surface area contributed by atoms with E-state index >= 15 is 0 Å². The van der Waals surface area contributed by atoms with E-state index in [1.54, 1.807) is 24.0 Å². The van der Waals surface area contributed by atoms with E-state index in [1.165, 1.54) is 13.2 Å². The monoisotopic (exact) mass is 249 g/mol. The highest BCUT2D eigenvalue weighted by atomic mass is 16.5. The van der Waals surface area contributed by atoms with Crippen LogP contribution in [0.2, 0.25) is 0 Å². The van der Waals surface area contributed by atoms with Crippen LogP contribution in [-0.2, 0) is 16.0 Å². The topological polar surface area (TPSA) is 66.8 Å². The molecule has 1 N–H and O–H groups in total. The Morgan fingerprint density at radius 1 is 1.44 bits per heavy atom. The zero-order valence-electron chi connectivity index (χ0n) is 10.3. The Morgan fingerprint density at radius 2 is 2.17 bits per heavy atom. The molecule has 0 aromatic heterocycles. The number of aromatic carboxylic acids is 1. The Morgan fingerprint density at radius 3 is 2.78 bits per heavy atom. The maximum absolute atomic E-state index is 12.0. The number of carboxylic acid groups (broad SMARTS) is 1. The van der Waals surface area contributed by atoms with Gasteiger partial charge in [0.1, 0.15) is 6.10 Å². The van der Waals surface area contributed by atoms with Crippen LogP contribution in [0.5, 0.6) is 0 Å². The van der Waals surface area contributed by atoms with Crippen molar-refractivity contribution in [1.82, 2.24) is 0 Å². The van der Waals surface area contributed by atoms with Gasteiger partial charge in [-0.25, -0.2) is 4.79 Å². The van der Waals surface area contributed by atoms with Gasteiger partial charge in [0, 0.05) is 19.3 Å². The third-order valence-corrected chi connectivity index (χ3v) is 3.19. The number of amides is 1. The number of anilines is 1. The molecule has 18 heavy (non-hydrogen) atoms. The van der Waals surface area contributed by atoms with Crippen LogP contribution in [0.4, 0.5) is 5.69 Å². The summed E-state index contributed by atoms with van der Waals surface area (Å²) in [4.78, 5) is 24.6. The number of rotatable bonds is 3. The van der Waals surface area contributed by atoms with Crippen molar-refractivity contribution in [3.63, 3.8) is 0 Å². The van der Waals surface area contributed by atoms with Crippen molar-refractivity contribution >= 4 is 17.6 Å². The molecule has 0 bridgehead atoms. The van der Waals surface area contributed by atoms with E-state index < -0.39 is 12.1 Å². The summed E-state index contributed by atoms with van der Waals surface area (Å²) in [5, 5.41) is 8.92. The molecule has 96 valence electrons. The van der Waals surface area contributed by atoms with Crippen LogP contribution in [-0.4, -0.2) is 36.7 Å². The van der Waals surface area contributed by atoms with Gasteiger partial charge in [0.25, 0.3) is 5.91 Å². The molecule has 0 aliphatic carbocycles.